The SMILES string of the molecule is CC1(C)CC(=O)C2=C(C1)OC(N)=C(C#N)[C@H]2C1CCCCC1. The van der Waals surface area contributed by atoms with Gasteiger partial charge in [0.1, 0.15) is 11.8 Å². The molecule has 0 saturated heterocycles. The average molecular weight is 300 g/mol. The Kier molecular flexibility index (Phi) is 3.76. The highest BCUT2D eigenvalue weighted by molar-refractivity contribution is 5.98. The zero-order valence-electron chi connectivity index (χ0n) is 13.4. The number of nitrogens with zero attached hydrogens (tertiary/aromatic N) is 1. The van der Waals surface area contributed by atoms with Gasteiger partial charge < -0.3 is 10.5 Å². The van der Waals surface area contributed by atoms with Crippen LogP contribution in [0.25, 0.3) is 0 Å². The van der Waals surface area contributed by atoms with E-state index in [-0.39, 0.29) is 23.0 Å². The lowest BCUT2D eigenvalue weighted by Gasteiger charge is -2.40. The minimum atomic E-state index is -0.141. The van der Waals surface area contributed by atoms with Crippen LogP contribution in [0.4, 0.5) is 0 Å². The van der Waals surface area contributed by atoms with Gasteiger partial charge in [-0.15, -0.1) is 0 Å². The maximum absolute atomic E-state index is 12.8. The Morgan fingerprint density at radius 2 is 1.91 bits per heavy atom. The van der Waals surface area contributed by atoms with Crippen LogP contribution >= 0.6 is 0 Å². The Morgan fingerprint density at radius 1 is 1.23 bits per heavy atom. The highest BCUT2D eigenvalue weighted by Crippen LogP contribution is 2.48. The van der Waals surface area contributed by atoms with Gasteiger partial charge in [0.05, 0.1) is 5.57 Å². The predicted molar refractivity (Wildman–Crippen MR) is 83.0 cm³/mol. The third-order valence-electron chi connectivity index (χ3n) is 5.24. The zero-order valence-corrected chi connectivity index (χ0v) is 13.4. The summed E-state index contributed by atoms with van der Waals surface area (Å²) < 4.78 is 5.71. The summed E-state index contributed by atoms with van der Waals surface area (Å²) in [5.74, 6) is 1.27. The molecule has 0 spiro atoms. The number of ketones is 1. The van der Waals surface area contributed by atoms with Gasteiger partial charge in [0.2, 0.25) is 5.88 Å². The number of carbonyl (C=O) groups excluding carboxylic acids is 1. The van der Waals surface area contributed by atoms with Crippen LogP contribution in [0.3, 0.4) is 0 Å². The summed E-state index contributed by atoms with van der Waals surface area (Å²) in [6.45, 7) is 4.15. The second-order valence-corrected chi connectivity index (χ2v) is 7.65. The highest BCUT2D eigenvalue weighted by Gasteiger charge is 2.45. The number of hydrogen-bond donors (Lipinski definition) is 1. The van der Waals surface area contributed by atoms with E-state index in [0.717, 1.165) is 24.8 Å². The Bertz CT molecular complexity index is 601. The Morgan fingerprint density at radius 3 is 2.55 bits per heavy atom. The van der Waals surface area contributed by atoms with Gasteiger partial charge in [-0.2, -0.15) is 5.26 Å². The summed E-state index contributed by atoms with van der Waals surface area (Å²) in [5, 5.41) is 9.54. The number of nitriles is 1. The van der Waals surface area contributed by atoms with E-state index in [0.29, 0.717) is 23.7 Å². The summed E-state index contributed by atoms with van der Waals surface area (Å²) in [5.41, 5.74) is 7.14. The van der Waals surface area contributed by atoms with Crippen LogP contribution in [-0.4, -0.2) is 5.78 Å². The maximum Gasteiger partial charge on any atom is 0.204 e. The fourth-order valence-corrected chi connectivity index (χ4v) is 4.26. The molecular weight excluding hydrogens is 276 g/mol. The second-order valence-electron chi connectivity index (χ2n) is 7.65. The van der Waals surface area contributed by atoms with E-state index in [9.17, 15) is 10.1 Å². The first-order chi connectivity index (χ1) is 10.4. The van der Waals surface area contributed by atoms with Crippen LogP contribution in [0.2, 0.25) is 0 Å². The third-order valence-corrected chi connectivity index (χ3v) is 5.24. The van der Waals surface area contributed by atoms with Crippen LogP contribution in [0, 0.1) is 28.6 Å². The lowest BCUT2D eigenvalue weighted by atomic mass is 9.66. The Balaban J connectivity index is 2.04. The summed E-state index contributed by atoms with van der Waals surface area (Å²) in [4.78, 5) is 12.8. The van der Waals surface area contributed by atoms with E-state index in [1.54, 1.807) is 0 Å². The topological polar surface area (TPSA) is 76.1 Å². The van der Waals surface area contributed by atoms with E-state index >= 15 is 0 Å². The molecule has 0 aromatic carbocycles. The smallest absolute Gasteiger partial charge is 0.204 e. The fraction of sp³-hybridized carbons (Fsp3) is 0.667. The normalized spacial score (nSPS) is 29.0. The molecule has 0 aromatic rings. The van der Waals surface area contributed by atoms with Crippen molar-refractivity contribution in [2.45, 2.75) is 58.8 Å². The van der Waals surface area contributed by atoms with Crippen molar-refractivity contribution in [3.8, 4) is 6.07 Å². The number of carbonyl (C=O) groups is 1. The molecule has 0 aromatic heterocycles. The molecule has 1 heterocycles. The summed E-state index contributed by atoms with van der Waals surface area (Å²) in [7, 11) is 0. The molecule has 4 nitrogen and oxygen atoms in total. The van der Waals surface area contributed by atoms with Crippen LogP contribution in [0.15, 0.2) is 22.8 Å². The molecule has 3 aliphatic rings. The fourth-order valence-electron chi connectivity index (χ4n) is 4.26. The Labute approximate surface area is 132 Å². The molecule has 0 amide bonds. The number of ether oxygens (including phenoxy) is 1. The van der Waals surface area contributed by atoms with Gasteiger partial charge >= 0.3 is 0 Å². The number of hydrogen-bond acceptors (Lipinski definition) is 4. The minimum Gasteiger partial charge on any atom is -0.444 e. The Hall–Kier alpha value is -1.76. The van der Waals surface area contributed by atoms with Crippen LogP contribution < -0.4 is 5.73 Å². The molecule has 1 aliphatic heterocycles. The molecule has 3 rings (SSSR count). The van der Waals surface area contributed by atoms with Gasteiger partial charge in [-0.3, -0.25) is 4.79 Å². The van der Waals surface area contributed by atoms with Crippen molar-refractivity contribution in [3.05, 3.63) is 22.8 Å². The summed E-state index contributed by atoms with van der Waals surface area (Å²) in [6.07, 6.45) is 6.96. The first-order valence-corrected chi connectivity index (χ1v) is 8.27. The van der Waals surface area contributed by atoms with E-state index in [4.69, 9.17) is 10.5 Å². The molecule has 2 aliphatic carbocycles. The van der Waals surface area contributed by atoms with Crippen molar-refractivity contribution in [3.63, 3.8) is 0 Å². The van der Waals surface area contributed by atoms with Crippen molar-refractivity contribution >= 4 is 5.78 Å². The molecule has 118 valence electrons. The molecule has 0 unspecified atom stereocenters. The quantitative estimate of drug-likeness (QED) is 0.803. The van der Waals surface area contributed by atoms with E-state index < -0.39 is 0 Å². The molecule has 1 atom stereocenters. The van der Waals surface area contributed by atoms with Crippen molar-refractivity contribution < 1.29 is 9.53 Å². The van der Waals surface area contributed by atoms with Gasteiger partial charge in [0, 0.05) is 24.3 Å². The standard InChI is InChI=1S/C18H24N2O2/c1-18(2)8-13(21)16-14(9-18)22-17(20)12(10-19)15(16)11-6-4-3-5-7-11/h11,15H,3-9,20H2,1-2H3/t15-/m1/s1. The number of Topliss-reactive ketones (excluding diaryl/α,β-unsaturated/α-hetero) is 1. The van der Waals surface area contributed by atoms with Gasteiger partial charge in [-0.1, -0.05) is 33.1 Å². The molecule has 22 heavy (non-hydrogen) atoms. The van der Waals surface area contributed by atoms with Gasteiger partial charge in [0.25, 0.3) is 0 Å². The maximum atomic E-state index is 12.8. The zero-order chi connectivity index (χ0) is 15.9. The summed E-state index contributed by atoms with van der Waals surface area (Å²) >= 11 is 0. The van der Waals surface area contributed by atoms with Crippen LogP contribution in [-0.2, 0) is 9.53 Å². The minimum absolute atomic E-state index is 0.0997. The van der Waals surface area contributed by atoms with Crippen molar-refractivity contribution in [2.75, 3.05) is 0 Å². The van der Waals surface area contributed by atoms with Crippen molar-refractivity contribution in [2.24, 2.45) is 23.0 Å². The number of nitrogens with two attached hydrogens (primary N) is 1. The molecular formula is C18H24N2O2. The highest BCUT2D eigenvalue weighted by atomic mass is 16.5. The predicted octanol–water partition coefficient (Wildman–Crippen LogP) is 3.55. The van der Waals surface area contributed by atoms with Crippen LogP contribution in [0.1, 0.15) is 58.8 Å². The van der Waals surface area contributed by atoms with Crippen LogP contribution in [0.5, 0.6) is 0 Å². The van der Waals surface area contributed by atoms with Crippen molar-refractivity contribution in [1.82, 2.24) is 0 Å². The van der Waals surface area contributed by atoms with E-state index in [1.807, 2.05) is 0 Å². The lowest BCUT2D eigenvalue weighted by molar-refractivity contribution is -0.119. The average Bonchev–Trinajstić information content (AvgIpc) is 2.45. The summed E-state index contributed by atoms with van der Waals surface area (Å²) in [6, 6.07) is 2.22. The first kappa shape index (κ1) is 15.1. The molecule has 2 N–H and O–H groups in total. The first-order valence-electron chi connectivity index (χ1n) is 8.27. The second kappa shape index (κ2) is 5.46. The molecule has 4 heteroatoms. The third kappa shape index (κ3) is 2.54. The van der Waals surface area contributed by atoms with E-state index in [1.165, 1.54) is 19.3 Å². The number of allylic oxidation sites excluding steroid dienone is 3. The van der Waals surface area contributed by atoms with Gasteiger partial charge in [-0.25, -0.2) is 0 Å². The molecule has 0 bridgehead atoms. The monoisotopic (exact) mass is 300 g/mol. The largest absolute Gasteiger partial charge is 0.444 e. The van der Waals surface area contributed by atoms with Crippen molar-refractivity contribution in [1.29, 1.82) is 5.26 Å². The molecule has 0 radical (unpaired) electrons. The number of rotatable bonds is 1. The lowest BCUT2D eigenvalue weighted by Crippen LogP contribution is -2.37. The van der Waals surface area contributed by atoms with E-state index in [2.05, 4.69) is 19.9 Å². The van der Waals surface area contributed by atoms with Gasteiger partial charge in [0.15, 0.2) is 5.78 Å². The van der Waals surface area contributed by atoms with Gasteiger partial charge in [-0.05, 0) is 24.2 Å². The molecule has 1 saturated carbocycles. The molecule has 1 fully saturated rings.